The predicted molar refractivity (Wildman–Crippen MR) is 96.4 cm³/mol. The summed E-state index contributed by atoms with van der Waals surface area (Å²) in [6, 6.07) is 19.0. The first-order valence-electron chi connectivity index (χ1n) is 8.36. The Balaban J connectivity index is 1.73. The van der Waals surface area contributed by atoms with E-state index in [1.807, 2.05) is 60.7 Å². The molecule has 2 amide bonds. The van der Waals surface area contributed by atoms with Crippen molar-refractivity contribution in [2.24, 2.45) is 5.92 Å². The zero-order chi connectivity index (χ0) is 18.1. The molecule has 0 aliphatic rings. The van der Waals surface area contributed by atoms with Crippen molar-refractivity contribution in [3.63, 3.8) is 0 Å². The molecular weight excluding hydrogens is 316 g/mol. The first kappa shape index (κ1) is 18.7. The first-order valence-corrected chi connectivity index (χ1v) is 8.36. The number of rotatable bonds is 8. The van der Waals surface area contributed by atoms with Crippen LogP contribution in [0.3, 0.4) is 0 Å². The van der Waals surface area contributed by atoms with Crippen LogP contribution in [0.4, 0.5) is 0 Å². The molecule has 2 atom stereocenters. The van der Waals surface area contributed by atoms with E-state index in [4.69, 9.17) is 0 Å². The number of hydrogen-bond donors (Lipinski definition) is 3. The number of nitrogens with one attached hydrogen (secondary N) is 2. The van der Waals surface area contributed by atoms with Crippen LogP contribution >= 0.6 is 0 Å². The van der Waals surface area contributed by atoms with E-state index >= 15 is 0 Å². The third-order valence-electron chi connectivity index (χ3n) is 3.96. The van der Waals surface area contributed by atoms with Crippen LogP contribution < -0.4 is 10.6 Å². The molecule has 2 rings (SSSR count). The van der Waals surface area contributed by atoms with E-state index in [2.05, 4.69) is 10.6 Å². The van der Waals surface area contributed by atoms with Gasteiger partial charge in [0.25, 0.3) is 0 Å². The Morgan fingerprint density at radius 3 is 1.88 bits per heavy atom. The van der Waals surface area contributed by atoms with Crippen molar-refractivity contribution in [2.45, 2.75) is 32.5 Å². The number of carbonyl (C=O) groups is 2. The predicted octanol–water partition coefficient (Wildman–Crippen LogP) is 2.01. The van der Waals surface area contributed by atoms with Crippen LogP contribution in [-0.2, 0) is 22.7 Å². The topological polar surface area (TPSA) is 78.4 Å². The zero-order valence-corrected chi connectivity index (χ0v) is 14.3. The lowest BCUT2D eigenvalue weighted by Crippen LogP contribution is -2.40. The van der Waals surface area contributed by atoms with Gasteiger partial charge in [0.15, 0.2) is 0 Å². The fourth-order valence-electron chi connectivity index (χ4n) is 2.42. The molecule has 0 radical (unpaired) electrons. The second-order valence-corrected chi connectivity index (χ2v) is 6.09. The monoisotopic (exact) mass is 340 g/mol. The lowest BCUT2D eigenvalue weighted by molar-refractivity contribution is -0.133. The van der Waals surface area contributed by atoms with Crippen molar-refractivity contribution in [1.29, 1.82) is 0 Å². The van der Waals surface area contributed by atoms with Crippen molar-refractivity contribution in [2.75, 3.05) is 0 Å². The second-order valence-electron chi connectivity index (χ2n) is 6.09. The molecule has 5 nitrogen and oxygen atoms in total. The number of aliphatic hydroxyl groups is 1. The Bertz CT molecular complexity index is 674. The Labute approximate surface area is 148 Å². The number of benzene rings is 2. The van der Waals surface area contributed by atoms with Crippen LogP contribution in [0.25, 0.3) is 0 Å². The van der Waals surface area contributed by atoms with Gasteiger partial charge >= 0.3 is 0 Å². The van der Waals surface area contributed by atoms with Crippen molar-refractivity contribution in [3.8, 4) is 0 Å². The van der Waals surface area contributed by atoms with E-state index in [1.54, 1.807) is 6.92 Å². The maximum absolute atomic E-state index is 12.0. The minimum atomic E-state index is -1.22. The molecule has 0 aliphatic carbocycles. The van der Waals surface area contributed by atoms with Gasteiger partial charge in [-0.25, -0.2) is 0 Å². The Hall–Kier alpha value is -2.66. The van der Waals surface area contributed by atoms with E-state index in [0.717, 1.165) is 11.1 Å². The standard InChI is InChI=1S/C20H24N2O3/c1-15(12-18(23)21-13-16-8-4-2-5-9-16)19(24)20(25)22-14-17-10-6-3-7-11-17/h2-11,15,19,24H,12-14H2,1H3,(H,21,23)(H,22,25)/t15-,19-/m1/s1. The molecule has 0 saturated carbocycles. The number of aliphatic hydroxyl groups excluding tert-OH is 1. The van der Waals surface area contributed by atoms with Crippen LogP contribution in [0.2, 0.25) is 0 Å². The summed E-state index contributed by atoms with van der Waals surface area (Å²) >= 11 is 0. The van der Waals surface area contributed by atoms with Gasteiger partial charge < -0.3 is 15.7 Å². The average Bonchev–Trinajstić information content (AvgIpc) is 2.65. The quantitative estimate of drug-likeness (QED) is 0.688. The smallest absolute Gasteiger partial charge is 0.249 e. The Morgan fingerprint density at radius 2 is 1.36 bits per heavy atom. The zero-order valence-electron chi connectivity index (χ0n) is 14.3. The highest BCUT2D eigenvalue weighted by Crippen LogP contribution is 2.09. The van der Waals surface area contributed by atoms with Gasteiger partial charge in [0.05, 0.1) is 0 Å². The van der Waals surface area contributed by atoms with E-state index in [0.29, 0.717) is 13.1 Å². The minimum absolute atomic E-state index is 0.0900. The van der Waals surface area contributed by atoms with Crippen molar-refractivity contribution in [1.82, 2.24) is 10.6 Å². The molecular formula is C20H24N2O3. The summed E-state index contributed by atoms with van der Waals surface area (Å²) in [5.74, 6) is -1.12. The lowest BCUT2D eigenvalue weighted by Gasteiger charge is -2.18. The molecule has 0 saturated heterocycles. The summed E-state index contributed by atoms with van der Waals surface area (Å²) in [7, 11) is 0. The number of hydrogen-bond acceptors (Lipinski definition) is 3. The SMILES string of the molecule is C[C@H](CC(=O)NCc1ccccc1)[C@@H](O)C(=O)NCc1ccccc1. The van der Waals surface area contributed by atoms with E-state index < -0.39 is 17.9 Å². The molecule has 0 unspecified atom stereocenters. The third kappa shape index (κ3) is 6.39. The maximum atomic E-state index is 12.0. The highest BCUT2D eigenvalue weighted by molar-refractivity contribution is 5.82. The molecule has 25 heavy (non-hydrogen) atoms. The lowest BCUT2D eigenvalue weighted by atomic mass is 9.99. The number of carbonyl (C=O) groups excluding carboxylic acids is 2. The molecule has 0 aliphatic heterocycles. The number of amides is 2. The van der Waals surface area contributed by atoms with Gasteiger partial charge in [-0.3, -0.25) is 9.59 Å². The van der Waals surface area contributed by atoms with E-state index in [9.17, 15) is 14.7 Å². The largest absolute Gasteiger partial charge is 0.383 e. The van der Waals surface area contributed by atoms with Gasteiger partial charge in [0, 0.05) is 19.5 Å². The summed E-state index contributed by atoms with van der Waals surface area (Å²) < 4.78 is 0. The van der Waals surface area contributed by atoms with Gasteiger partial charge in [-0.1, -0.05) is 67.6 Å². The highest BCUT2D eigenvalue weighted by Gasteiger charge is 2.24. The van der Waals surface area contributed by atoms with E-state index in [1.165, 1.54) is 0 Å². The third-order valence-corrected chi connectivity index (χ3v) is 3.96. The molecule has 2 aromatic carbocycles. The molecule has 0 aromatic heterocycles. The molecule has 5 heteroatoms. The van der Waals surface area contributed by atoms with Gasteiger partial charge in [-0.2, -0.15) is 0 Å². The molecule has 0 heterocycles. The summed E-state index contributed by atoms with van der Waals surface area (Å²) in [5.41, 5.74) is 1.96. The van der Waals surface area contributed by atoms with Crippen molar-refractivity contribution < 1.29 is 14.7 Å². The fraction of sp³-hybridized carbons (Fsp3) is 0.300. The summed E-state index contributed by atoms with van der Waals surface area (Å²) in [4.78, 5) is 24.0. The van der Waals surface area contributed by atoms with Gasteiger partial charge in [0.1, 0.15) is 6.10 Å². The molecule has 132 valence electrons. The molecule has 0 bridgehead atoms. The fourth-order valence-corrected chi connectivity index (χ4v) is 2.42. The molecule has 3 N–H and O–H groups in total. The normalized spacial score (nSPS) is 12.9. The summed E-state index contributed by atoms with van der Waals surface area (Å²) in [6.45, 7) is 2.47. The van der Waals surface area contributed by atoms with Crippen LogP contribution in [0, 0.1) is 5.92 Å². The molecule has 0 fully saturated rings. The van der Waals surface area contributed by atoms with Gasteiger partial charge in [-0.05, 0) is 17.0 Å². The van der Waals surface area contributed by atoms with Crippen molar-refractivity contribution in [3.05, 3.63) is 71.8 Å². The van der Waals surface area contributed by atoms with Crippen LogP contribution in [-0.4, -0.2) is 23.0 Å². The summed E-state index contributed by atoms with van der Waals surface area (Å²) in [6.07, 6.45) is -1.13. The van der Waals surface area contributed by atoms with Gasteiger partial charge in [0.2, 0.25) is 11.8 Å². The highest BCUT2D eigenvalue weighted by atomic mass is 16.3. The molecule has 2 aromatic rings. The van der Waals surface area contributed by atoms with Crippen LogP contribution in [0.5, 0.6) is 0 Å². The van der Waals surface area contributed by atoms with Crippen LogP contribution in [0.15, 0.2) is 60.7 Å². The minimum Gasteiger partial charge on any atom is -0.383 e. The van der Waals surface area contributed by atoms with Crippen molar-refractivity contribution >= 4 is 11.8 Å². The van der Waals surface area contributed by atoms with E-state index in [-0.39, 0.29) is 12.3 Å². The Kier molecular flexibility index (Phi) is 7.16. The van der Waals surface area contributed by atoms with Crippen LogP contribution in [0.1, 0.15) is 24.5 Å². The Morgan fingerprint density at radius 1 is 0.880 bits per heavy atom. The first-order chi connectivity index (χ1) is 12.1. The average molecular weight is 340 g/mol. The second kappa shape index (κ2) is 9.59. The summed E-state index contributed by atoms with van der Waals surface area (Å²) in [5, 5.41) is 15.6. The van der Waals surface area contributed by atoms with Gasteiger partial charge in [-0.15, -0.1) is 0 Å². The maximum Gasteiger partial charge on any atom is 0.249 e. The molecule has 0 spiro atoms.